The highest BCUT2D eigenvalue weighted by atomic mass is 79.9. The summed E-state index contributed by atoms with van der Waals surface area (Å²) >= 11 is 16.2. The van der Waals surface area contributed by atoms with E-state index in [0.717, 1.165) is 59.0 Å². The van der Waals surface area contributed by atoms with Crippen molar-refractivity contribution < 1.29 is 0 Å². The minimum atomic E-state index is 0.553. The second-order valence-electron chi connectivity index (χ2n) is 7.31. The highest BCUT2D eigenvalue weighted by Gasteiger charge is 2.22. The maximum Gasteiger partial charge on any atom is 0.165 e. The molecule has 0 spiro atoms. The number of rotatable bonds is 7. The average molecular weight is 484 g/mol. The number of anilines is 1. The number of hydrogen-bond donors (Lipinski definition) is 0. The molecule has 0 N–H and O–H groups in total. The van der Waals surface area contributed by atoms with Gasteiger partial charge < -0.3 is 4.90 Å². The van der Waals surface area contributed by atoms with Gasteiger partial charge in [0.1, 0.15) is 16.1 Å². The summed E-state index contributed by atoms with van der Waals surface area (Å²) in [6.45, 7) is 10.8. The number of hydrogen-bond acceptors (Lipinski definition) is 3. The second kappa shape index (κ2) is 9.02. The SMILES string of the molecule is CCCN(CC(C)C)c1c(CC)nc2c(-c3ccc(Cl)cc3Cl)nc(Br)cn12. The van der Waals surface area contributed by atoms with Crippen LogP contribution in [0, 0.1) is 5.92 Å². The molecule has 0 atom stereocenters. The van der Waals surface area contributed by atoms with E-state index in [0.29, 0.717) is 16.0 Å². The van der Waals surface area contributed by atoms with Crippen LogP contribution in [-0.2, 0) is 6.42 Å². The maximum atomic E-state index is 6.49. The van der Waals surface area contributed by atoms with Crippen molar-refractivity contribution in [1.82, 2.24) is 14.4 Å². The van der Waals surface area contributed by atoms with Gasteiger partial charge in [0.05, 0.1) is 10.7 Å². The summed E-state index contributed by atoms with van der Waals surface area (Å²) in [6, 6.07) is 5.47. The quantitative estimate of drug-likeness (QED) is 0.366. The summed E-state index contributed by atoms with van der Waals surface area (Å²) in [7, 11) is 0. The minimum Gasteiger partial charge on any atom is -0.356 e. The molecular formula is C21H25BrCl2N4. The molecule has 0 aliphatic rings. The molecule has 2 aromatic heterocycles. The third kappa shape index (κ3) is 4.32. The fraction of sp³-hybridized carbons (Fsp3) is 0.429. The molecule has 0 aliphatic heterocycles. The molecule has 3 aromatic rings. The molecule has 0 aliphatic carbocycles. The molecule has 4 nitrogen and oxygen atoms in total. The van der Waals surface area contributed by atoms with Gasteiger partial charge in [-0.05, 0) is 52.9 Å². The third-order valence-corrected chi connectivity index (χ3v) is 5.45. The van der Waals surface area contributed by atoms with Gasteiger partial charge in [0, 0.05) is 29.9 Å². The number of aryl methyl sites for hydroxylation is 1. The molecule has 7 heteroatoms. The van der Waals surface area contributed by atoms with Crippen LogP contribution < -0.4 is 4.90 Å². The van der Waals surface area contributed by atoms with Crippen LogP contribution in [0.2, 0.25) is 10.0 Å². The molecule has 0 saturated carbocycles. The van der Waals surface area contributed by atoms with Gasteiger partial charge in [-0.2, -0.15) is 0 Å². The van der Waals surface area contributed by atoms with Crippen molar-refractivity contribution in [1.29, 1.82) is 0 Å². The van der Waals surface area contributed by atoms with Crippen LogP contribution in [0.15, 0.2) is 29.0 Å². The van der Waals surface area contributed by atoms with E-state index < -0.39 is 0 Å². The number of fused-ring (bicyclic) bond motifs is 1. The van der Waals surface area contributed by atoms with E-state index in [2.05, 4.69) is 52.9 Å². The summed E-state index contributed by atoms with van der Waals surface area (Å²) in [5.41, 5.74) is 3.45. The van der Waals surface area contributed by atoms with E-state index in [9.17, 15) is 0 Å². The van der Waals surface area contributed by atoms with Crippen LogP contribution in [0.4, 0.5) is 5.82 Å². The van der Waals surface area contributed by atoms with Crippen LogP contribution in [0.1, 0.15) is 39.8 Å². The molecule has 3 rings (SSSR count). The molecule has 0 radical (unpaired) electrons. The lowest BCUT2D eigenvalue weighted by Gasteiger charge is -2.26. The average Bonchev–Trinajstić information content (AvgIpc) is 2.98. The van der Waals surface area contributed by atoms with Crippen LogP contribution in [0.3, 0.4) is 0 Å². The summed E-state index contributed by atoms with van der Waals surface area (Å²) in [6.07, 6.45) is 3.92. The lowest BCUT2D eigenvalue weighted by molar-refractivity contribution is 0.598. The Kier molecular flexibility index (Phi) is 6.89. The molecule has 0 saturated heterocycles. The molecule has 2 heterocycles. The maximum absolute atomic E-state index is 6.49. The Balaban J connectivity index is 2.28. The second-order valence-corrected chi connectivity index (χ2v) is 8.96. The standard InChI is InChI=1S/C21H25BrCl2N4/c1-5-9-27(11-13(3)4)21-17(6-2)25-20-19(26-18(22)12-28(20)21)15-8-7-14(23)10-16(15)24/h7-8,10,12-13H,5-6,9,11H2,1-4H3. The number of aromatic nitrogens is 3. The van der Waals surface area contributed by atoms with E-state index in [4.69, 9.17) is 33.2 Å². The van der Waals surface area contributed by atoms with Gasteiger partial charge >= 0.3 is 0 Å². The van der Waals surface area contributed by atoms with Gasteiger partial charge in [0.15, 0.2) is 5.65 Å². The number of imidazole rings is 1. The molecule has 150 valence electrons. The zero-order valence-corrected chi connectivity index (χ0v) is 19.7. The van der Waals surface area contributed by atoms with Crippen molar-refractivity contribution in [3.8, 4) is 11.3 Å². The predicted octanol–water partition coefficient (Wildman–Crippen LogP) is 6.90. The van der Waals surface area contributed by atoms with Gasteiger partial charge in [-0.3, -0.25) is 4.40 Å². The normalized spacial score (nSPS) is 11.6. The first-order chi connectivity index (χ1) is 13.3. The first-order valence-corrected chi connectivity index (χ1v) is 11.2. The van der Waals surface area contributed by atoms with Crippen molar-refractivity contribution in [3.63, 3.8) is 0 Å². The molecule has 0 unspecified atom stereocenters. The number of nitrogens with zero attached hydrogens (tertiary/aromatic N) is 4. The van der Waals surface area contributed by atoms with Gasteiger partial charge in [-0.15, -0.1) is 0 Å². The number of halogens is 3. The summed E-state index contributed by atoms with van der Waals surface area (Å²) in [5.74, 6) is 1.69. The van der Waals surface area contributed by atoms with Gasteiger partial charge in [-0.25, -0.2) is 9.97 Å². The first kappa shape index (κ1) is 21.4. The van der Waals surface area contributed by atoms with E-state index >= 15 is 0 Å². The van der Waals surface area contributed by atoms with Crippen molar-refractivity contribution >= 4 is 50.6 Å². The Hall–Kier alpha value is -1.30. The molecule has 28 heavy (non-hydrogen) atoms. The monoisotopic (exact) mass is 482 g/mol. The molecule has 1 aromatic carbocycles. The van der Waals surface area contributed by atoms with Crippen molar-refractivity contribution in [2.24, 2.45) is 5.92 Å². The minimum absolute atomic E-state index is 0.553. The molecular weight excluding hydrogens is 459 g/mol. The van der Waals surface area contributed by atoms with Crippen molar-refractivity contribution in [2.45, 2.75) is 40.5 Å². The van der Waals surface area contributed by atoms with Crippen molar-refractivity contribution in [2.75, 3.05) is 18.0 Å². The Morgan fingerprint density at radius 2 is 1.93 bits per heavy atom. The summed E-state index contributed by atoms with van der Waals surface area (Å²) in [5, 5.41) is 1.17. The van der Waals surface area contributed by atoms with E-state index in [1.54, 1.807) is 6.07 Å². The highest BCUT2D eigenvalue weighted by Crippen LogP contribution is 2.35. The summed E-state index contributed by atoms with van der Waals surface area (Å²) in [4.78, 5) is 12.1. The summed E-state index contributed by atoms with van der Waals surface area (Å²) < 4.78 is 2.89. The Morgan fingerprint density at radius 3 is 2.54 bits per heavy atom. The van der Waals surface area contributed by atoms with E-state index in [1.807, 2.05) is 18.3 Å². The molecule has 0 bridgehead atoms. The fourth-order valence-corrected chi connectivity index (χ4v) is 4.36. The third-order valence-electron chi connectivity index (χ3n) is 4.52. The highest BCUT2D eigenvalue weighted by molar-refractivity contribution is 9.10. The Morgan fingerprint density at radius 1 is 1.18 bits per heavy atom. The van der Waals surface area contributed by atoms with E-state index in [1.165, 1.54) is 0 Å². The Bertz CT molecular complexity index is 984. The zero-order chi connectivity index (χ0) is 20.4. The van der Waals surface area contributed by atoms with E-state index in [-0.39, 0.29) is 0 Å². The molecule has 0 fully saturated rings. The molecule has 0 amide bonds. The largest absolute Gasteiger partial charge is 0.356 e. The van der Waals surface area contributed by atoms with Gasteiger partial charge in [-0.1, -0.05) is 50.9 Å². The lowest BCUT2D eigenvalue weighted by Crippen LogP contribution is -2.30. The Labute approximate surface area is 185 Å². The first-order valence-electron chi connectivity index (χ1n) is 9.63. The topological polar surface area (TPSA) is 33.4 Å². The smallest absolute Gasteiger partial charge is 0.165 e. The van der Waals surface area contributed by atoms with Crippen molar-refractivity contribution in [3.05, 3.63) is 44.7 Å². The zero-order valence-electron chi connectivity index (χ0n) is 16.6. The van der Waals surface area contributed by atoms with Crippen LogP contribution >= 0.6 is 39.1 Å². The fourth-order valence-electron chi connectivity index (χ4n) is 3.48. The van der Waals surface area contributed by atoms with Gasteiger partial charge in [0.2, 0.25) is 0 Å². The van der Waals surface area contributed by atoms with Crippen LogP contribution in [-0.4, -0.2) is 27.5 Å². The lowest BCUT2D eigenvalue weighted by atomic mass is 10.1. The predicted molar refractivity (Wildman–Crippen MR) is 123 cm³/mol. The van der Waals surface area contributed by atoms with Gasteiger partial charge in [0.25, 0.3) is 0 Å². The van der Waals surface area contributed by atoms with Crippen LogP contribution in [0.5, 0.6) is 0 Å². The van der Waals surface area contributed by atoms with Crippen LogP contribution in [0.25, 0.3) is 16.9 Å². The number of benzene rings is 1.